The van der Waals surface area contributed by atoms with Crippen LogP contribution in [-0.4, -0.2) is 24.9 Å². The van der Waals surface area contributed by atoms with Crippen molar-refractivity contribution in [3.05, 3.63) is 116 Å². The summed E-state index contributed by atoms with van der Waals surface area (Å²) < 4.78 is 2.17. The van der Waals surface area contributed by atoms with Crippen LogP contribution in [0.5, 0.6) is 0 Å². The van der Waals surface area contributed by atoms with E-state index in [4.69, 9.17) is 9.97 Å². The maximum absolute atomic E-state index is 4.79. The Labute approximate surface area is 216 Å². The largest absolute Gasteiger partial charge is 0.244 e. The SMILES string of the molecule is c1ccc2c(c1)ncc[n+]2-c1ccc2ccc3c(-c4cc5ncncc5c5ccccc45)ncnc3c2c1. The number of aromatic nitrogens is 6. The Morgan fingerprint density at radius 1 is 0.579 bits per heavy atom. The van der Waals surface area contributed by atoms with E-state index in [-0.39, 0.29) is 0 Å². The van der Waals surface area contributed by atoms with Gasteiger partial charge in [0.15, 0.2) is 6.20 Å². The molecule has 38 heavy (non-hydrogen) atoms. The van der Waals surface area contributed by atoms with Crippen LogP contribution in [0.25, 0.3) is 71.3 Å². The highest BCUT2D eigenvalue weighted by Crippen LogP contribution is 2.37. The van der Waals surface area contributed by atoms with Crippen LogP contribution in [-0.2, 0) is 0 Å². The third-order valence-corrected chi connectivity index (χ3v) is 7.24. The standard InChI is InChI=1S/C32H19N6/c1-2-6-23-22(5-1)26(16-29-27(23)17-33-18-35-29)32-24-12-10-20-9-11-21(15-25(20)31(24)36-19-37-32)38-14-13-34-28-7-3-4-8-30(28)38/h1-19H/q+1. The van der Waals surface area contributed by atoms with Gasteiger partial charge in [-0.25, -0.2) is 24.9 Å². The van der Waals surface area contributed by atoms with E-state index in [0.29, 0.717) is 0 Å². The molecule has 0 bridgehead atoms. The minimum Gasteiger partial charge on any atom is -0.244 e. The fourth-order valence-electron chi connectivity index (χ4n) is 5.49. The van der Waals surface area contributed by atoms with E-state index in [1.54, 1.807) is 12.7 Å². The lowest BCUT2D eigenvalue weighted by atomic mass is 9.95. The molecule has 8 aromatic rings. The number of fused-ring (bicyclic) bond motifs is 7. The number of para-hydroxylation sites is 2. The Morgan fingerprint density at radius 3 is 2.42 bits per heavy atom. The Morgan fingerprint density at radius 2 is 1.45 bits per heavy atom. The van der Waals surface area contributed by atoms with Crippen LogP contribution in [0.2, 0.25) is 0 Å². The molecule has 0 N–H and O–H groups in total. The van der Waals surface area contributed by atoms with Crippen LogP contribution >= 0.6 is 0 Å². The van der Waals surface area contributed by atoms with Crippen LogP contribution in [0.1, 0.15) is 0 Å². The van der Waals surface area contributed by atoms with Crippen molar-refractivity contribution in [1.29, 1.82) is 0 Å². The van der Waals surface area contributed by atoms with Gasteiger partial charge in [-0.05, 0) is 40.4 Å². The predicted octanol–water partition coefficient (Wildman–Crippen LogP) is 6.37. The summed E-state index contributed by atoms with van der Waals surface area (Å²) in [4.78, 5) is 22.9. The van der Waals surface area contributed by atoms with Gasteiger partial charge in [0.2, 0.25) is 11.2 Å². The lowest BCUT2D eigenvalue weighted by molar-refractivity contribution is -0.567. The molecule has 0 aliphatic rings. The fourth-order valence-corrected chi connectivity index (χ4v) is 5.49. The minimum atomic E-state index is 0.890. The summed E-state index contributed by atoms with van der Waals surface area (Å²) in [6, 6.07) is 29.4. The van der Waals surface area contributed by atoms with Crippen LogP contribution in [0, 0.1) is 0 Å². The topological polar surface area (TPSA) is 68.3 Å². The third kappa shape index (κ3) is 3.07. The molecule has 8 rings (SSSR count). The van der Waals surface area contributed by atoms with Crippen LogP contribution < -0.4 is 4.57 Å². The zero-order chi connectivity index (χ0) is 25.1. The van der Waals surface area contributed by atoms with Gasteiger partial charge in [0, 0.05) is 46.1 Å². The molecule has 0 atom stereocenters. The van der Waals surface area contributed by atoms with E-state index in [0.717, 1.165) is 71.3 Å². The molecule has 0 spiro atoms. The molecule has 6 nitrogen and oxygen atoms in total. The lowest BCUT2D eigenvalue weighted by Crippen LogP contribution is -2.31. The van der Waals surface area contributed by atoms with Crippen molar-refractivity contribution in [1.82, 2.24) is 24.9 Å². The molecular formula is C32H19N6+. The van der Waals surface area contributed by atoms with Gasteiger partial charge < -0.3 is 0 Å². The van der Waals surface area contributed by atoms with Gasteiger partial charge in [-0.1, -0.05) is 42.5 Å². The molecule has 0 unspecified atom stereocenters. The van der Waals surface area contributed by atoms with Crippen molar-refractivity contribution in [2.45, 2.75) is 0 Å². The van der Waals surface area contributed by atoms with Gasteiger partial charge in [-0.15, -0.1) is 0 Å². The zero-order valence-electron chi connectivity index (χ0n) is 20.2. The molecule has 0 amide bonds. The minimum absolute atomic E-state index is 0.890. The van der Waals surface area contributed by atoms with Gasteiger partial charge in [0.05, 0.1) is 22.9 Å². The van der Waals surface area contributed by atoms with Crippen LogP contribution in [0.15, 0.2) is 116 Å². The first-order chi connectivity index (χ1) is 18.8. The van der Waals surface area contributed by atoms with Gasteiger partial charge in [0.25, 0.3) is 0 Å². The third-order valence-electron chi connectivity index (χ3n) is 7.24. The normalized spacial score (nSPS) is 11.7. The molecule has 6 heteroatoms. The Hall–Kier alpha value is -5.36. The molecule has 176 valence electrons. The van der Waals surface area contributed by atoms with Crippen molar-refractivity contribution >= 4 is 54.4 Å². The molecule has 0 saturated heterocycles. The first-order valence-electron chi connectivity index (χ1n) is 12.4. The average molecular weight is 488 g/mol. The van der Waals surface area contributed by atoms with Gasteiger partial charge in [-0.2, -0.15) is 4.57 Å². The molecule has 5 aromatic carbocycles. The predicted molar refractivity (Wildman–Crippen MR) is 150 cm³/mol. The highest BCUT2D eigenvalue weighted by Gasteiger charge is 2.17. The second-order valence-electron chi connectivity index (χ2n) is 9.30. The first-order valence-corrected chi connectivity index (χ1v) is 12.4. The second kappa shape index (κ2) is 8.08. The van der Waals surface area contributed by atoms with Crippen molar-refractivity contribution < 1.29 is 4.57 Å². The Kier molecular flexibility index (Phi) is 4.42. The second-order valence-corrected chi connectivity index (χ2v) is 9.30. The molecule has 0 radical (unpaired) electrons. The van der Waals surface area contributed by atoms with E-state index < -0.39 is 0 Å². The average Bonchev–Trinajstić information content (AvgIpc) is 3.00. The smallest absolute Gasteiger partial charge is 0.236 e. The van der Waals surface area contributed by atoms with Crippen molar-refractivity contribution in [2.75, 3.05) is 0 Å². The summed E-state index contributed by atoms with van der Waals surface area (Å²) in [5, 5.41) is 6.45. The fraction of sp³-hybridized carbons (Fsp3) is 0. The Balaban J connectivity index is 1.41. The number of nitrogens with zero attached hydrogens (tertiary/aromatic N) is 6. The van der Waals surface area contributed by atoms with E-state index in [9.17, 15) is 0 Å². The summed E-state index contributed by atoms with van der Waals surface area (Å²) in [6.07, 6.45) is 8.97. The molecule has 0 saturated carbocycles. The highest BCUT2D eigenvalue weighted by molar-refractivity contribution is 6.16. The monoisotopic (exact) mass is 487 g/mol. The molecule has 3 heterocycles. The number of rotatable bonds is 2. The van der Waals surface area contributed by atoms with E-state index in [1.807, 2.05) is 42.9 Å². The number of hydrogen-bond donors (Lipinski definition) is 0. The maximum atomic E-state index is 4.79. The van der Waals surface area contributed by atoms with E-state index in [2.05, 4.69) is 80.2 Å². The number of benzene rings is 5. The van der Waals surface area contributed by atoms with Gasteiger partial charge in [-0.3, -0.25) is 0 Å². The summed E-state index contributed by atoms with van der Waals surface area (Å²) in [7, 11) is 0. The quantitative estimate of drug-likeness (QED) is 0.209. The zero-order valence-corrected chi connectivity index (χ0v) is 20.2. The highest BCUT2D eigenvalue weighted by atomic mass is 15.0. The molecule has 0 aliphatic carbocycles. The van der Waals surface area contributed by atoms with Crippen LogP contribution in [0.3, 0.4) is 0 Å². The summed E-state index contributed by atoms with van der Waals surface area (Å²) in [5.74, 6) is 0. The maximum Gasteiger partial charge on any atom is 0.236 e. The number of hydrogen-bond acceptors (Lipinski definition) is 5. The van der Waals surface area contributed by atoms with Gasteiger partial charge in [0.1, 0.15) is 18.2 Å². The van der Waals surface area contributed by atoms with Crippen molar-refractivity contribution in [2.24, 2.45) is 0 Å². The molecule has 0 aliphatic heterocycles. The van der Waals surface area contributed by atoms with Crippen LogP contribution in [0.4, 0.5) is 0 Å². The molecule has 3 aromatic heterocycles. The first kappa shape index (κ1) is 20.8. The van der Waals surface area contributed by atoms with Crippen molar-refractivity contribution in [3.8, 4) is 16.9 Å². The summed E-state index contributed by atoms with van der Waals surface area (Å²) in [6.45, 7) is 0. The summed E-state index contributed by atoms with van der Waals surface area (Å²) >= 11 is 0. The van der Waals surface area contributed by atoms with E-state index >= 15 is 0 Å². The van der Waals surface area contributed by atoms with Gasteiger partial charge >= 0.3 is 0 Å². The molecular weight excluding hydrogens is 468 g/mol. The molecule has 0 fully saturated rings. The lowest BCUT2D eigenvalue weighted by Gasteiger charge is -2.12. The van der Waals surface area contributed by atoms with E-state index in [1.165, 1.54) is 0 Å². The van der Waals surface area contributed by atoms with Crippen molar-refractivity contribution in [3.63, 3.8) is 0 Å². The Bertz CT molecular complexity index is 2200. The summed E-state index contributed by atoms with van der Waals surface area (Å²) in [5.41, 5.74) is 6.78.